The largest absolute Gasteiger partial charge is 0.493 e. The van der Waals surface area contributed by atoms with E-state index >= 15 is 0 Å². The molecule has 0 radical (unpaired) electrons. The Morgan fingerprint density at radius 2 is 1.90 bits per heavy atom. The Bertz CT molecular complexity index is 427. The summed E-state index contributed by atoms with van der Waals surface area (Å²) in [6.07, 6.45) is 1.72. The molecule has 1 aromatic carbocycles. The molecule has 21 heavy (non-hydrogen) atoms. The minimum atomic E-state index is -0.155. The van der Waals surface area contributed by atoms with Gasteiger partial charge >= 0.3 is 0 Å². The van der Waals surface area contributed by atoms with Gasteiger partial charge in [-0.05, 0) is 45.2 Å². The Balaban J connectivity index is 2.73. The minimum Gasteiger partial charge on any atom is -0.493 e. The number of nitrogens with two attached hydrogens (primary N) is 1. The van der Waals surface area contributed by atoms with Gasteiger partial charge in [-0.1, -0.05) is 19.1 Å². The molecule has 1 unspecified atom stereocenters. The summed E-state index contributed by atoms with van der Waals surface area (Å²) in [5.74, 6) is 1.52. The summed E-state index contributed by atoms with van der Waals surface area (Å²) in [6.45, 7) is 9.21. The molecular formula is C17H29NO3. The molecule has 0 spiro atoms. The van der Waals surface area contributed by atoms with E-state index in [1.165, 1.54) is 0 Å². The molecule has 0 saturated heterocycles. The molecule has 1 atom stereocenters. The number of para-hydroxylation sites is 1. The molecule has 4 heteroatoms. The van der Waals surface area contributed by atoms with Crippen LogP contribution in [0.25, 0.3) is 0 Å². The predicted octanol–water partition coefficient (Wildman–Crippen LogP) is 3.17. The number of methoxy groups -OCH3 is 1. The number of hydrogen-bond donors (Lipinski definition) is 1. The van der Waals surface area contributed by atoms with Gasteiger partial charge in [0.1, 0.15) is 6.61 Å². The Morgan fingerprint density at radius 1 is 1.19 bits per heavy atom. The van der Waals surface area contributed by atoms with Crippen LogP contribution in [0.5, 0.6) is 11.5 Å². The predicted molar refractivity (Wildman–Crippen MR) is 86.2 cm³/mol. The van der Waals surface area contributed by atoms with Gasteiger partial charge < -0.3 is 19.9 Å². The summed E-state index contributed by atoms with van der Waals surface area (Å²) < 4.78 is 17.0. The highest BCUT2D eigenvalue weighted by Crippen LogP contribution is 2.32. The standard InChI is InChI=1S/C17H29NO3/c1-6-14(18)12-13-8-7-9-15(19-5)16(13)20-10-11-21-17(2,3)4/h7-9,14H,6,10-12,18H2,1-5H3. The second-order valence-electron chi connectivity index (χ2n) is 6.13. The second kappa shape index (κ2) is 8.25. The van der Waals surface area contributed by atoms with Gasteiger partial charge in [0.25, 0.3) is 0 Å². The van der Waals surface area contributed by atoms with Crippen molar-refractivity contribution >= 4 is 0 Å². The zero-order valence-electron chi connectivity index (χ0n) is 13.9. The van der Waals surface area contributed by atoms with Gasteiger partial charge in [-0.15, -0.1) is 0 Å². The third-order valence-electron chi connectivity index (χ3n) is 3.15. The molecule has 0 bridgehead atoms. The lowest BCUT2D eigenvalue weighted by Gasteiger charge is -2.21. The lowest BCUT2D eigenvalue weighted by Crippen LogP contribution is -2.23. The summed E-state index contributed by atoms with van der Waals surface area (Å²) >= 11 is 0. The van der Waals surface area contributed by atoms with Crippen LogP contribution < -0.4 is 15.2 Å². The molecule has 0 heterocycles. The SMILES string of the molecule is CCC(N)Cc1cccc(OC)c1OCCOC(C)(C)C. The van der Waals surface area contributed by atoms with Crippen molar-refractivity contribution in [1.29, 1.82) is 0 Å². The second-order valence-corrected chi connectivity index (χ2v) is 6.13. The molecule has 120 valence electrons. The van der Waals surface area contributed by atoms with E-state index in [4.69, 9.17) is 19.9 Å². The van der Waals surface area contributed by atoms with Crippen LogP contribution in [-0.2, 0) is 11.2 Å². The monoisotopic (exact) mass is 295 g/mol. The highest BCUT2D eigenvalue weighted by molar-refractivity contribution is 5.47. The van der Waals surface area contributed by atoms with Gasteiger partial charge in [-0.25, -0.2) is 0 Å². The average molecular weight is 295 g/mol. The minimum absolute atomic E-state index is 0.130. The van der Waals surface area contributed by atoms with Gasteiger partial charge in [-0.3, -0.25) is 0 Å². The van der Waals surface area contributed by atoms with Crippen molar-refractivity contribution in [3.05, 3.63) is 23.8 Å². The molecule has 0 fully saturated rings. The molecule has 2 N–H and O–H groups in total. The smallest absolute Gasteiger partial charge is 0.164 e. The topological polar surface area (TPSA) is 53.7 Å². The lowest BCUT2D eigenvalue weighted by atomic mass is 10.0. The number of hydrogen-bond acceptors (Lipinski definition) is 4. The van der Waals surface area contributed by atoms with Crippen LogP contribution in [-0.4, -0.2) is 32.0 Å². The average Bonchev–Trinajstić information content (AvgIpc) is 2.43. The number of rotatable bonds is 8. The van der Waals surface area contributed by atoms with E-state index in [1.54, 1.807) is 7.11 Å². The van der Waals surface area contributed by atoms with E-state index in [1.807, 2.05) is 39.0 Å². The molecule has 0 aliphatic heterocycles. The first-order valence-corrected chi connectivity index (χ1v) is 7.55. The fraction of sp³-hybridized carbons (Fsp3) is 0.647. The fourth-order valence-corrected chi connectivity index (χ4v) is 1.96. The van der Waals surface area contributed by atoms with Crippen LogP contribution in [0.1, 0.15) is 39.7 Å². The van der Waals surface area contributed by atoms with Crippen LogP contribution in [0.2, 0.25) is 0 Å². The van der Waals surface area contributed by atoms with E-state index < -0.39 is 0 Å². The molecule has 1 aromatic rings. The Hall–Kier alpha value is -1.26. The van der Waals surface area contributed by atoms with Crippen LogP contribution in [0, 0.1) is 0 Å². The van der Waals surface area contributed by atoms with Gasteiger partial charge in [0.05, 0.1) is 19.3 Å². The van der Waals surface area contributed by atoms with E-state index in [2.05, 4.69) is 6.92 Å². The van der Waals surface area contributed by atoms with Crippen molar-refractivity contribution < 1.29 is 14.2 Å². The zero-order chi connectivity index (χ0) is 15.9. The molecular weight excluding hydrogens is 266 g/mol. The Labute approximate surface area is 128 Å². The maximum absolute atomic E-state index is 6.06. The summed E-state index contributed by atoms with van der Waals surface area (Å²) in [5.41, 5.74) is 6.98. The molecule has 0 aromatic heterocycles. The molecule has 4 nitrogen and oxygen atoms in total. The zero-order valence-corrected chi connectivity index (χ0v) is 13.9. The van der Waals surface area contributed by atoms with Crippen molar-refractivity contribution in [1.82, 2.24) is 0 Å². The lowest BCUT2D eigenvalue weighted by molar-refractivity contribution is -0.0166. The summed E-state index contributed by atoms with van der Waals surface area (Å²) in [7, 11) is 1.65. The quantitative estimate of drug-likeness (QED) is 0.748. The van der Waals surface area contributed by atoms with Crippen LogP contribution >= 0.6 is 0 Å². The maximum atomic E-state index is 6.06. The highest BCUT2D eigenvalue weighted by Gasteiger charge is 2.14. The first-order chi connectivity index (χ1) is 9.87. The first-order valence-electron chi connectivity index (χ1n) is 7.55. The first kappa shape index (κ1) is 17.8. The molecule has 1 rings (SSSR count). The Kier molecular flexibility index (Phi) is 6.99. The van der Waals surface area contributed by atoms with Crippen molar-refractivity contribution in [3.8, 4) is 11.5 Å². The van der Waals surface area contributed by atoms with Crippen molar-refractivity contribution in [2.75, 3.05) is 20.3 Å². The molecule has 0 aliphatic rings. The fourth-order valence-electron chi connectivity index (χ4n) is 1.96. The van der Waals surface area contributed by atoms with Crippen LogP contribution in [0.4, 0.5) is 0 Å². The maximum Gasteiger partial charge on any atom is 0.164 e. The third-order valence-corrected chi connectivity index (χ3v) is 3.15. The van der Waals surface area contributed by atoms with Crippen LogP contribution in [0.15, 0.2) is 18.2 Å². The summed E-state index contributed by atoms with van der Waals surface area (Å²) in [4.78, 5) is 0. The number of ether oxygens (including phenoxy) is 3. The van der Waals surface area contributed by atoms with Gasteiger partial charge in [0.15, 0.2) is 11.5 Å². The van der Waals surface area contributed by atoms with Crippen molar-refractivity contribution in [2.24, 2.45) is 5.73 Å². The summed E-state index contributed by atoms with van der Waals surface area (Å²) in [5, 5.41) is 0. The van der Waals surface area contributed by atoms with Crippen molar-refractivity contribution in [3.63, 3.8) is 0 Å². The van der Waals surface area contributed by atoms with Crippen LogP contribution in [0.3, 0.4) is 0 Å². The number of benzene rings is 1. The van der Waals surface area contributed by atoms with E-state index in [-0.39, 0.29) is 11.6 Å². The van der Waals surface area contributed by atoms with E-state index in [9.17, 15) is 0 Å². The van der Waals surface area contributed by atoms with E-state index in [0.29, 0.717) is 13.2 Å². The van der Waals surface area contributed by atoms with Gasteiger partial charge in [0, 0.05) is 6.04 Å². The summed E-state index contributed by atoms with van der Waals surface area (Å²) in [6, 6.07) is 6.04. The van der Waals surface area contributed by atoms with E-state index in [0.717, 1.165) is 29.9 Å². The van der Waals surface area contributed by atoms with Gasteiger partial charge in [0.2, 0.25) is 0 Å². The van der Waals surface area contributed by atoms with Crippen molar-refractivity contribution in [2.45, 2.75) is 52.2 Å². The normalized spacial score (nSPS) is 13.0. The van der Waals surface area contributed by atoms with Gasteiger partial charge in [-0.2, -0.15) is 0 Å². The Morgan fingerprint density at radius 3 is 2.48 bits per heavy atom. The molecule has 0 aliphatic carbocycles. The third kappa shape index (κ3) is 6.36. The molecule has 0 amide bonds. The molecule has 0 saturated carbocycles. The highest BCUT2D eigenvalue weighted by atomic mass is 16.5.